The zero-order chi connectivity index (χ0) is 14.6. The molecule has 1 aliphatic carbocycles. The van der Waals surface area contributed by atoms with Crippen molar-refractivity contribution >= 4 is 5.91 Å². The molecule has 0 aromatic rings. The van der Waals surface area contributed by atoms with Crippen molar-refractivity contribution in [1.29, 1.82) is 5.26 Å². The van der Waals surface area contributed by atoms with Crippen LogP contribution in [0.1, 0.15) is 47.0 Å². The fourth-order valence-electron chi connectivity index (χ4n) is 3.12. The summed E-state index contributed by atoms with van der Waals surface area (Å²) in [7, 11) is 0. The lowest BCUT2D eigenvalue weighted by Gasteiger charge is -2.47. The van der Waals surface area contributed by atoms with Crippen LogP contribution in [0.4, 0.5) is 0 Å². The highest BCUT2D eigenvalue weighted by Crippen LogP contribution is 2.45. The molecule has 0 radical (unpaired) electrons. The summed E-state index contributed by atoms with van der Waals surface area (Å²) >= 11 is 0. The molecule has 19 heavy (non-hydrogen) atoms. The molecule has 0 bridgehead atoms. The highest BCUT2D eigenvalue weighted by molar-refractivity contribution is 5.79. The van der Waals surface area contributed by atoms with E-state index in [-0.39, 0.29) is 23.3 Å². The molecule has 4 nitrogen and oxygen atoms in total. The van der Waals surface area contributed by atoms with E-state index >= 15 is 0 Å². The molecule has 1 saturated carbocycles. The molecule has 3 atom stereocenters. The van der Waals surface area contributed by atoms with Gasteiger partial charge in [-0.05, 0) is 31.1 Å². The summed E-state index contributed by atoms with van der Waals surface area (Å²) in [5, 5.41) is 8.68. The molecule has 1 fully saturated rings. The highest BCUT2D eigenvalue weighted by atomic mass is 16.2. The van der Waals surface area contributed by atoms with Gasteiger partial charge in [0.25, 0.3) is 0 Å². The molecule has 0 spiro atoms. The summed E-state index contributed by atoms with van der Waals surface area (Å²) in [5.41, 5.74) is 6.06. The molecule has 1 rings (SSSR count). The van der Waals surface area contributed by atoms with E-state index in [4.69, 9.17) is 11.0 Å². The Morgan fingerprint density at radius 2 is 2.11 bits per heavy atom. The average Bonchev–Trinajstić information content (AvgIpc) is 2.37. The summed E-state index contributed by atoms with van der Waals surface area (Å²) in [6, 6.07) is 2.30. The number of rotatable bonds is 4. The molecular weight excluding hydrogens is 238 g/mol. The first-order valence-electron chi connectivity index (χ1n) is 7.27. The van der Waals surface area contributed by atoms with Gasteiger partial charge >= 0.3 is 0 Å². The quantitative estimate of drug-likeness (QED) is 0.846. The topological polar surface area (TPSA) is 70.1 Å². The van der Waals surface area contributed by atoms with E-state index < -0.39 is 0 Å². The van der Waals surface area contributed by atoms with Crippen LogP contribution in [0.15, 0.2) is 0 Å². The highest BCUT2D eigenvalue weighted by Gasteiger charge is 2.45. The summed E-state index contributed by atoms with van der Waals surface area (Å²) in [5.74, 6) is 0.562. The van der Waals surface area contributed by atoms with E-state index in [0.29, 0.717) is 25.4 Å². The average molecular weight is 265 g/mol. The molecule has 1 amide bonds. The third kappa shape index (κ3) is 3.27. The fourth-order valence-corrected chi connectivity index (χ4v) is 3.12. The molecule has 3 unspecified atom stereocenters. The standard InChI is InChI=1S/C15H27N3O/c1-5-18(10-6-9-16)14(19)12-7-8-13(17)11(2)15(12,3)4/h11-13H,5-8,10,17H2,1-4H3. The van der Waals surface area contributed by atoms with Crippen molar-refractivity contribution in [3.63, 3.8) is 0 Å². The molecule has 4 heteroatoms. The largest absolute Gasteiger partial charge is 0.342 e. The molecule has 2 N–H and O–H groups in total. The molecule has 0 aliphatic heterocycles. The number of carbonyl (C=O) groups excluding carboxylic acids is 1. The van der Waals surface area contributed by atoms with Crippen LogP contribution in [0, 0.1) is 28.6 Å². The first-order valence-corrected chi connectivity index (χ1v) is 7.27. The Balaban J connectivity index is 2.83. The van der Waals surface area contributed by atoms with Gasteiger partial charge in [0.05, 0.1) is 12.5 Å². The minimum atomic E-state index is -0.0746. The number of nitrogens with two attached hydrogens (primary N) is 1. The van der Waals surface area contributed by atoms with Crippen LogP contribution in [-0.4, -0.2) is 29.9 Å². The number of hydrogen-bond donors (Lipinski definition) is 1. The van der Waals surface area contributed by atoms with Gasteiger partial charge in [0.1, 0.15) is 0 Å². The second-order valence-electron chi connectivity index (χ2n) is 6.23. The van der Waals surface area contributed by atoms with Crippen LogP contribution in [-0.2, 0) is 4.79 Å². The lowest BCUT2D eigenvalue weighted by molar-refractivity contribution is -0.143. The van der Waals surface area contributed by atoms with Crippen molar-refractivity contribution < 1.29 is 4.79 Å². The summed E-state index contributed by atoms with van der Waals surface area (Å²) in [6.45, 7) is 9.64. The summed E-state index contributed by atoms with van der Waals surface area (Å²) in [4.78, 5) is 14.5. The normalized spacial score (nSPS) is 29.6. The van der Waals surface area contributed by atoms with Crippen LogP contribution >= 0.6 is 0 Å². The van der Waals surface area contributed by atoms with E-state index in [1.54, 1.807) is 0 Å². The van der Waals surface area contributed by atoms with E-state index in [0.717, 1.165) is 12.8 Å². The second kappa shape index (κ2) is 6.38. The van der Waals surface area contributed by atoms with Crippen LogP contribution in [0.5, 0.6) is 0 Å². The Labute approximate surface area is 116 Å². The van der Waals surface area contributed by atoms with Gasteiger partial charge in [0, 0.05) is 25.0 Å². The molecule has 0 heterocycles. The Bertz CT molecular complexity index is 359. The smallest absolute Gasteiger partial charge is 0.226 e. The van der Waals surface area contributed by atoms with Crippen molar-refractivity contribution in [2.24, 2.45) is 23.0 Å². The van der Waals surface area contributed by atoms with Gasteiger partial charge < -0.3 is 10.6 Å². The van der Waals surface area contributed by atoms with Crippen molar-refractivity contribution in [1.82, 2.24) is 4.90 Å². The van der Waals surface area contributed by atoms with Gasteiger partial charge in [-0.1, -0.05) is 20.8 Å². The predicted molar refractivity (Wildman–Crippen MR) is 76.1 cm³/mol. The van der Waals surface area contributed by atoms with E-state index in [1.807, 2.05) is 11.8 Å². The van der Waals surface area contributed by atoms with Crippen molar-refractivity contribution in [3.8, 4) is 6.07 Å². The lowest BCUT2D eigenvalue weighted by Crippen LogP contribution is -2.52. The number of hydrogen-bond acceptors (Lipinski definition) is 3. The van der Waals surface area contributed by atoms with Gasteiger partial charge in [-0.3, -0.25) is 4.79 Å². The Kier molecular flexibility index (Phi) is 5.37. The fraction of sp³-hybridized carbons (Fsp3) is 0.867. The van der Waals surface area contributed by atoms with Crippen molar-refractivity contribution in [3.05, 3.63) is 0 Å². The Morgan fingerprint density at radius 3 is 2.63 bits per heavy atom. The number of amides is 1. The number of nitriles is 1. The monoisotopic (exact) mass is 265 g/mol. The first-order chi connectivity index (χ1) is 8.86. The maximum absolute atomic E-state index is 12.7. The molecule has 1 aliphatic rings. The third-order valence-corrected chi connectivity index (χ3v) is 4.99. The van der Waals surface area contributed by atoms with Gasteiger partial charge in [0.15, 0.2) is 0 Å². The summed E-state index contributed by atoms with van der Waals surface area (Å²) < 4.78 is 0. The molecule has 0 saturated heterocycles. The van der Waals surface area contributed by atoms with Crippen LogP contribution in [0.25, 0.3) is 0 Å². The van der Waals surface area contributed by atoms with E-state index in [9.17, 15) is 4.79 Å². The van der Waals surface area contributed by atoms with Crippen LogP contribution in [0.2, 0.25) is 0 Å². The number of nitrogens with zero attached hydrogens (tertiary/aromatic N) is 2. The first kappa shape index (κ1) is 16.0. The third-order valence-electron chi connectivity index (χ3n) is 4.99. The van der Waals surface area contributed by atoms with Crippen molar-refractivity contribution in [2.75, 3.05) is 13.1 Å². The van der Waals surface area contributed by atoms with Gasteiger partial charge in [-0.2, -0.15) is 5.26 Å². The summed E-state index contributed by atoms with van der Waals surface area (Å²) in [6.07, 6.45) is 2.18. The Hall–Kier alpha value is -1.08. The van der Waals surface area contributed by atoms with Crippen LogP contribution < -0.4 is 5.73 Å². The molecule has 0 aromatic heterocycles. The lowest BCUT2D eigenvalue weighted by atomic mass is 9.60. The second-order valence-corrected chi connectivity index (χ2v) is 6.23. The Morgan fingerprint density at radius 1 is 1.47 bits per heavy atom. The van der Waals surface area contributed by atoms with Crippen molar-refractivity contribution in [2.45, 2.75) is 53.0 Å². The number of carbonyl (C=O) groups is 1. The maximum Gasteiger partial charge on any atom is 0.226 e. The maximum atomic E-state index is 12.7. The zero-order valence-corrected chi connectivity index (χ0v) is 12.6. The van der Waals surface area contributed by atoms with Gasteiger partial charge in [0.2, 0.25) is 5.91 Å². The minimum absolute atomic E-state index is 0.0287. The molecule has 0 aromatic carbocycles. The SMILES string of the molecule is CCN(CCC#N)C(=O)C1CCC(N)C(C)C1(C)C. The zero-order valence-electron chi connectivity index (χ0n) is 12.6. The molecular formula is C15H27N3O. The minimum Gasteiger partial charge on any atom is -0.342 e. The van der Waals surface area contributed by atoms with Gasteiger partial charge in [-0.25, -0.2) is 0 Å². The van der Waals surface area contributed by atoms with E-state index in [2.05, 4.69) is 26.8 Å². The molecule has 108 valence electrons. The predicted octanol–water partition coefficient (Wildman–Crippen LogP) is 2.15. The van der Waals surface area contributed by atoms with Gasteiger partial charge in [-0.15, -0.1) is 0 Å². The van der Waals surface area contributed by atoms with E-state index in [1.165, 1.54) is 0 Å². The van der Waals surface area contributed by atoms with Crippen LogP contribution in [0.3, 0.4) is 0 Å².